The molecule has 78 valence electrons. The second-order valence-corrected chi connectivity index (χ2v) is 3.20. The van der Waals surface area contributed by atoms with Crippen LogP contribution < -0.4 is 5.32 Å². The van der Waals surface area contributed by atoms with Gasteiger partial charge in [0, 0.05) is 19.6 Å². The molecule has 0 aromatic rings. The van der Waals surface area contributed by atoms with E-state index in [9.17, 15) is 4.79 Å². The van der Waals surface area contributed by atoms with Crippen molar-refractivity contribution in [2.75, 3.05) is 33.2 Å². The lowest BCUT2D eigenvalue weighted by molar-refractivity contribution is -0.137. The monoisotopic (exact) mass is 188 g/mol. The minimum absolute atomic E-state index is 0.226. The molecule has 0 fully saturated rings. The van der Waals surface area contributed by atoms with Crippen molar-refractivity contribution in [1.29, 1.82) is 0 Å². The molecular weight excluding hydrogens is 168 g/mol. The first kappa shape index (κ1) is 12.4. The number of likely N-dealkylation sites (N-methyl/N-ethyl adjacent to an activating group) is 1. The Morgan fingerprint density at radius 3 is 2.62 bits per heavy atom. The summed E-state index contributed by atoms with van der Waals surface area (Å²) in [5.41, 5.74) is 0. The fourth-order valence-corrected chi connectivity index (χ4v) is 0.970. The van der Waals surface area contributed by atoms with E-state index in [4.69, 9.17) is 5.11 Å². The standard InChI is InChI=1S/C9H20N2O2/c1-3-5-10-6-8-11(2)7-4-9(12)13/h10H,3-8H2,1-2H3,(H,12,13). The Balaban J connectivity index is 3.19. The minimum atomic E-state index is -0.728. The van der Waals surface area contributed by atoms with Gasteiger partial charge in [-0.15, -0.1) is 0 Å². The molecule has 0 unspecified atom stereocenters. The Morgan fingerprint density at radius 2 is 2.08 bits per heavy atom. The topological polar surface area (TPSA) is 52.6 Å². The lowest BCUT2D eigenvalue weighted by atomic mass is 10.4. The van der Waals surface area contributed by atoms with Gasteiger partial charge in [-0.2, -0.15) is 0 Å². The highest BCUT2D eigenvalue weighted by molar-refractivity contribution is 5.66. The van der Waals surface area contributed by atoms with Crippen LogP contribution in [0.4, 0.5) is 0 Å². The zero-order chi connectivity index (χ0) is 10.1. The average molecular weight is 188 g/mol. The third kappa shape index (κ3) is 9.30. The number of hydrogen-bond acceptors (Lipinski definition) is 3. The van der Waals surface area contributed by atoms with E-state index in [1.165, 1.54) is 0 Å². The van der Waals surface area contributed by atoms with Crippen LogP contribution >= 0.6 is 0 Å². The molecule has 0 aromatic heterocycles. The zero-order valence-corrected chi connectivity index (χ0v) is 8.55. The van der Waals surface area contributed by atoms with Crippen molar-refractivity contribution in [1.82, 2.24) is 10.2 Å². The number of nitrogens with one attached hydrogen (secondary N) is 1. The van der Waals surface area contributed by atoms with Gasteiger partial charge in [0.15, 0.2) is 0 Å². The predicted molar refractivity (Wildman–Crippen MR) is 52.9 cm³/mol. The van der Waals surface area contributed by atoms with Crippen molar-refractivity contribution >= 4 is 5.97 Å². The Kier molecular flexibility index (Phi) is 7.63. The highest BCUT2D eigenvalue weighted by Gasteiger charge is 2.00. The number of nitrogens with zero attached hydrogens (tertiary/aromatic N) is 1. The van der Waals surface area contributed by atoms with Gasteiger partial charge >= 0.3 is 5.97 Å². The highest BCUT2D eigenvalue weighted by Crippen LogP contribution is 1.86. The van der Waals surface area contributed by atoms with E-state index in [-0.39, 0.29) is 6.42 Å². The summed E-state index contributed by atoms with van der Waals surface area (Å²) in [6, 6.07) is 0. The van der Waals surface area contributed by atoms with Crippen LogP contribution in [0.2, 0.25) is 0 Å². The number of aliphatic carboxylic acids is 1. The van der Waals surface area contributed by atoms with Gasteiger partial charge in [-0.3, -0.25) is 4.79 Å². The summed E-state index contributed by atoms with van der Waals surface area (Å²) in [4.78, 5) is 12.3. The van der Waals surface area contributed by atoms with Crippen molar-refractivity contribution in [2.24, 2.45) is 0 Å². The lowest BCUT2D eigenvalue weighted by Gasteiger charge is -2.15. The van der Waals surface area contributed by atoms with E-state index in [2.05, 4.69) is 12.2 Å². The molecule has 0 amide bonds. The van der Waals surface area contributed by atoms with Gasteiger partial charge in [-0.1, -0.05) is 6.92 Å². The van der Waals surface area contributed by atoms with Gasteiger partial charge in [0.25, 0.3) is 0 Å². The molecule has 4 nitrogen and oxygen atoms in total. The van der Waals surface area contributed by atoms with Crippen molar-refractivity contribution in [3.63, 3.8) is 0 Å². The van der Waals surface area contributed by atoms with E-state index in [0.717, 1.165) is 26.1 Å². The molecule has 4 heteroatoms. The minimum Gasteiger partial charge on any atom is -0.481 e. The van der Waals surface area contributed by atoms with Crippen molar-refractivity contribution in [3.8, 4) is 0 Å². The number of carbonyl (C=O) groups is 1. The van der Waals surface area contributed by atoms with Gasteiger partial charge in [0.05, 0.1) is 6.42 Å². The molecule has 0 aliphatic rings. The van der Waals surface area contributed by atoms with Crippen molar-refractivity contribution < 1.29 is 9.90 Å². The van der Waals surface area contributed by atoms with Gasteiger partial charge in [-0.25, -0.2) is 0 Å². The number of carboxylic acids is 1. The maximum Gasteiger partial charge on any atom is 0.304 e. The second-order valence-electron chi connectivity index (χ2n) is 3.20. The van der Waals surface area contributed by atoms with Crippen molar-refractivity contribution in [3.05, 3.63) is 0 Å². The fraction of sp³-hybridized carbons (Fsp3) is 0.889. The second kappa shape index (κ2) is 8.01. The Labute approximate surface area is 79.9 Å². The summed E-state index contributed by atoms with van der Waals surface area (Å²) in [5.74, 6) is -0.728. The smallest absolute Gasteiger partial charge is 0.304 e. The van der Waals surface area contributed by atoms with Crippen LogP contribution in [0, 0.1) is 0 Å². The summed E-state index contributed by atoms with van der Waals surface area (Å²) in [6.07, 6.45) is 1.36. The first-order valence-electron chi connectivity index (χ1n) is 4.78. The first-order chi connectivity index (χ1) is 6.16. The first-order valence-corrected chi connectivity index (χ1v) is 4.78. The molecule has 0 saturated heterocycles. The summed E-state index contributed by atoms with van der Waals surface area (Å²) >= 11 is 0. The van der Waals surface area contributed by atoms with Crippen molar-refractivity contribution in [2.45, 2.75) is 19.8 Å². The van der Waals surface area contributed by atoms with Crippen LogP contribution in [0.1, 0.15) is 19.8 Å². The zero-order valence-electron chi connectivity index (χ0n) is 8.55. The molecule has 0 atom stereocenters. The van der Waals surface area contributed by atoms with Crippen LogP contribution in [0.5, 0.6) is 0 Å². The third-order valence-electron chi connectivity index (χ3n) is 1.80. The molecule has 0 spiro atoms. The van der Waals surface area contributed by atoms with Crippen LogP contribution in [0.3, 0.4) is 0 Å². The molecule has 0 saturated carbocycles. The molecule has 0 radical (unpaired) electrons. The van der Waals surface area contributed by atoms with Crippen LogP contribution in [0.25, 0.3) is 0 Å². The number of carboxylic acid groups (broad SMARTS) is 1. The molecular formula is C9H20N2O2. The summed E-state index contributed by atoms with van der Waals surface area (Å²) in [5, 5.41) is 11.7. The average Bonchev–Trinajstić information content (AvgIpc) is 2.09. The van der Waals surface area contributed by atoms with Gasteiger partial charge in [0.2, 0.25) is 0 Å². The van der Waals surface area contributed by atoms with E-state index >= 15 is 0 Å². The molecule has 0 heterocycles. The molecule has 0 rings (SSSR count). The maximum absolute atomic E-state index is 10.2. The van der Waals surface area contributed by atoms with Gasteiger partial charge < -0.3 is 15.3 Å². The van der Waals surface area contributed by atoms with Crippen LogP contribution in [-0.2, 0) is 4.79 Å². The quantitative estimate of drug-likeness (QED) is 0.541. The summed E-state index contributed by atoms with van der Waals surface area (Å²) in [6.45, 7) is 5.63. The predicted octanol–water partition coefficient (Wildman–Crippen LogP) is 0.393. The molecule has 13 heavy (non-hydrogen) atoms. The molecule has 0 aromatic carbocycles. The fourth-order valence-electron chi connectivity index (χ4n) is 0.970. The third-order valence-corrected chi connectivity index (χ3v) is 1.80. The number of hydrogen-bond donors (Lipinski definition) is 2. The largest absolute Gasteiger partial charge is 0.481 e. The molecule has 2 N–H and O–H groups in total. The Morgan fingerprint density at radius 1 is 1.38 bits per heavy atom. The summed E-state index contributed by atoms with van der Waals surface area (Å²) < 4.78 is 0. The van der Waals surface area contributed by atoms with Crippen LogP contribution in [0.15, 0.2) is 0 Å². The normalized spacial score (nSPS) is 10.7. The van der Waals surface area contributed by atoms with E-state index in [1.807, 2.05) is 11.9 Å². The SMILES string of the molecule is CCCNCCN(C)CCC(=O)O. The van der Waals surface area contributed by atoms with Gasteiger partial charge in [0.1, 0.15) is 0 Å². The van der Waals surface area contributed by atoms with Gasteiger partial charge in [-0.05, 0) is 20.0 Å². The van der Waals surface area contributed by atoms with E-state index in [0.29, 0.717) is 6.54 Å². The molecule has 0 aliphatic heterocycles. The Hall–Kier alpha value is -0.610. The maximum atomic E-state index is 10.2. The lowest BCUT2D eigenvalue weighted by Crippen LogP contribution is -2.31. The van der Waals surface area contributed by atoms with Crippen LogP contribution in [-0.4, -0.2) is 49.2 Å². The van der Waals surface area contributed by atoms with E-state index < -0.39 is 5.97 Å². The van der Waals surface area contributed by atoms with E-state index in [1.54, 1.807) is 0 Å². The Bertz CT molecular complexity index is 140. The molecule has 0 bridgehead atoms. The number of rotatable bonds is 8. The summed E-state index contributed by atoms with van der Waals surface area (Å²) in [7, 11) is 1.94. The molecule has 0 aliphatic carbocycles. The highest BCUT2D eigenvalue weighted by atomic mass is 16.4.